The van der Waals surface area contributed by atoms with Crippen molar-refractivity contribution in [2.75, 3.05) is 13.2 Å². The molecule has 0 saturated heterocycles. The van der Waals surface area contributed by atoms with E-state index in [1.807, 2.05) is 43.3 Å². The lowest BCUT2D eigenvalue weighted by molar-refractivity contribution is -0.114. The first kappa shape index (κ1) is 21.4. The third-order valence-corrected chi connectivity index (χ3v) is 5.02. The average Bonchev–Trinajstić information content (AvgIpc) is 3.13. The summed E-state index contributed by atoms with van der Waals surface area (Å²) in [6, 6.07) is 13.5. The highest BCUT2D eigenvalue weighted by atomic mass is 16.7. The number of nitrogens with one attached hydrogen (secondary N) is 1. The Morgan fingerprint density at radius 3 is 2.56 bits per heavy atom. The minimum atomic E-state index is -0.458. The number of amidine groups is 2. The fourth-order valence-corrected chi connectivity index (χ4v) is 3.42. The van der Waals surface area contributed by atoms with E-state index in [9.17, 15) is 4.79 Å². The maximum absolute atomic E-state index is 12.3. The fourth-order valence-electron chi connectivity index (χ4n) is 3.42. The van der Waals surface area contributed by atoms with Crippen molar-refractivity contribution in [2.45, 2.75) is 27.2 Å². The van der Waals surface area contributed by atoms with Gasteiger partial charge in [-0.15, -0.1) is 5.06 Å². The van der Waals surface area contributed by atoms with Crippen LogP contribution in [0.15, 0.2) is 64.9 Å². The molecule has 32 heavy (non-hydrogen) atoms. The van der Waals surface area contributed by atoms with Gasteiger partial charge >= 0.3 is 0 Å². The molecule has 2 aromatic carbocycles. The molecule has 7 heteroatoms. The van der Waals surface area contributed by atoms with Crippen molar-refractivity contribution in [3.63, 3.8) is 0 Å². The molecule has 7 nitrogen and oxygen atoms in total. The highest BCUT2D eigenvalue weighted by molar-refractivity contribution is 6.32. The number of aliphatic imine (C=N–C) groups is 1. The Morgan fingerprint density at radius 1 is 1.06 bits per heavy atom. The molecule has 4 rings (SSSR count). The van der Waals surface area contributed by atoms with Gasteiger partial charge in [-0.05, 0) is 56.2 Å². The molecule has 2 heterocycles. The number of amides is 1. The van der Waals surface area contributed by atoms with Gasteiger partial charge in [-0.3, -0.25) is 10.2 Å². The van der Waals surface area contributed by atoms with Crippen molar-refractivity contribution < 1.29 is 19.1 Å². The number of allylic oxidation sites excluding steroid dienone is 1. The summed E-state index contributed by atoms with van der Waals surface area (Å²) in [5.41, 5.74) is 3.29. The van der Waals surface area contributed by atoms with Gasteiger partial charge in [0.25, 0.3) is 5.91 Å². The fraction of sp³-hybridized carbons (Fsp3) is 0.240. The van der Waals surface area contributed by atoms with Crippen molar-refractivity contribution in [2.24, 2.45) is 4.99 Å². The van der Waals surface area contributed by atoms with E-state index in [0.717, 1.165) is 29.0 Å². The van der Waals surface area contributed by atoms with Crippen LogP contribution in [-0.2, 0) is 9.63 Å². The van der Waals surface area contributed by atoms with Crippen molar-refractivity contribution >= 4 is 23.7 Å². The van der Waals surface area contributed by atoms with Crippen molar-refractivity contribution in [3.8, 4) is 11.5 Å². The van der Waals surface area contributed by atoms with Crippen LogP contribution in [0.25, 0.3) is 6.08 Å². The minimum absolute atomic E-state index is 0.0303. The summed E-state index contributed by atoms with van der Waals surface area (Å²) in [5, 5.41) is 9.51. The lowest BCUT2D eigenvalue weighted by atomic mass is 10.1. The van der Waals surface area contributed by atoms with Gasteiger partial charge in [0.15, 0.2) is 11.7 Å². The number of hydroxylamine groups is 2. The van der Waals surface area contributed by atoms with Gasteiger partial charge in [-0.25, -0.2) is 0 Å². The second-order valence-electron chi connectivity index (χ2n) is 7.71. The number of rotatable bonds is 7. The van der Waals surface area contributed by atoms with E-state index in [1.165, 1.54) is 10.6 Å². The van der Waals surface area contributed by atoms with E-state index in [2.05, 4.69) is 18.0 Å². The maximum atomic E-state index is 12.3. The number of carbonyl (C=O) groups is 1. The van der Waals surface area contributed by atoms with Gasteiger partial charge in [-0.2, -0.15) is 4.99 Å². The van der Waals surface area contributed by atoms with E-state index in [0.29, 0.717) is 24.8 Å². The number of hydrogen-bond donors (Lipinski definition) is 1. The summed E-state index contributed by atoms with van der Waals surface area (Å²) in [6.07, 6.45) is 4.01. The topological polar surface area (TPSA) is 84.2 Å². The number of benzene rings is 2. The predicted molar refractivity (Wildman–Crippen MR) is 123 cm³/mol. The SMILES string of the molecule is CC1=CC2=NC(=O)/C(=C\c3ccc(OCCCOc4ccc(C)cc4C)cc3)C(=N)N2O1. The lowest BCUT2D eigenvalue weighted by Gasteiger charge is -2.22. The van der Waals surface area contributed by atoms with Gasteiger partial charge < -0.3 is 14.3 Å². The number of aryl methyl sites for hydroxylation is 2. The van der Waals surface area contributed by atoms with Crippen LogP contribution in [0, 0.1) is 19.3 Å². The molecule has 0 bridgehead atoms. The van der Waals surface area contributed by atoms with Gasteiger partial charge in [0.05, 0.1) is 18.8 Å². The zero-order valence-electron chi connectivity index (χ0n) is 18.3. The van der Waals surface area contributed by atoms with Crippen molar-refractivity contribution in [3.05, 3.63) is 76.6 Å². The molecule has 0 spiro atoms. The van der Waals surface area contributed by atoms with Crippen LogP contribution in [0.5, 0.6) is 11.5 Å². The monoisotopic (exact) mass is 431 g/mol. The molecule has 0 fully saturated rings. The summed E-state index contributed by atoms with van der Waals surface area (Å²) in [7, 11) is 0. The van der Waals surface area contributed by atoms with Gasteiger partial charge in [-0.1, -0.05) is 29.8 Å². The summed E-state index contributed by atoms with van der Waals surface area (Å²) in [6.45, 7) is 6.96. The molecule has 2 aliphatic heterocycles. The molecule has 2 aromatic rings. The summed E-state index contributed by atoms with van der Waals surface area (Å²) >= 11 is 0. The Labute approximate surface area is 187 Å². The number of fused-ring (bicyclic) bond motifs is 1. The summed E-state index contributed by atoms with van der Waals surface area (Å²) in [5.74, 6) is 2.06. The van der Waals surface area contributed by atoms with Gasteiger partial charge in [0.2, 0.25) is 0 Å². The Morgan fingerprint density at radius 2 is 1.81 bits per heavy atom. The standard InChI is InChI=1S/C25H25N3O4/c1-16-5-10-22(17(2)13-16)31-12-4-11-30-20-8-6-19(7-9-20)15-21-24(26)28-23(27-25(21)29)14-18(3)32-28/h5-10,13-15,26H,4,11-12H2,1-3H3/b21-15-,26-24?. The number of ether oxygens (including phenoxy) is 2. The molecular formula is C25H25N3O4. The Balaban J connectivity index is 1.29. The van der Waals surface area contributed by atoms with Crippen LogP contribution in [0.3, 0.4) is 0 Å². The second-order valence-corrected chi connectivity index (χ2v) is 7.71. The van der Waals surface area contributed by atoms with Gasteiger partial charge in [0, 0.05) is 12.5 Å². The van der Waals surface area contributed by atoms with Crippen molar-refractivity contribution in [1.82, 2.24) is 5.06 Å². The minimum Gasteiger partial charge on any atom is -0.493 e. The lowest BCUT2D eigenvalue weighted by Crippen LogP contribution is -2.38. The molecule has 0 aromatic heterocycles. The van der Waals surface area contributed by atoms with Crippen LogP contribution in [-0.4, -0.2) is 35.9 Å². The van der Waals surface area contributed by atoms with E-state index in [4.69, 9.17) is 19.7 Å². The molecule has 0 radical (unpaired) electrons. The van der Waals surface area contributed by atoms with E-state index >= 15 is 0 Å². The zero-order valence-corrected chi connectivity index (χ0v) is 18.3. The first-order valence-electron chi connectivity index (χ1n) is 10.4. The highest BCUT2D eigenvalue weighted by Crippen LogP contribution is 2.24. The smallest absolute Gasteiger partial charge is 0.282 e. The predicted octanol–water partition coefficient (Wildman–Crippen LogP) is 4.60. The molecule has 2 aliphatic rings. The molecular weight excluding hydrogens is 406 g/mol. The third kappa shape index (κ3) is 4.72. The van der Waals surface area contributed by atoms with Crippen LogP contribution in [0.2, 0.25) is 0 Å². The quantitative estimate of drug-likeness (QED) is 0.512. The van der Waals surface area contributed by atoms with E-state index < -0.39 is 5.91 Å². The molecule has 0 atom stereocenters. The number of hydrogen-bond acceptors (Lipinski definition) is 5. The Bertz CT molecular complexity index is 1150. The molecule has 0 unspecified atom stereocenters. The van der Waals surface area contributed by atoms with Crippen LogP contribution in [0.1, 0.15) is 30.0 Å². The molecule has 0 aliphatic carbocycles. The van der Waals surface area contributed by atoms with Gasteiger partial charge in [0.1, 0.15) is 17.3 Å². The van der Waals surface area contributed by atoms with Crippen LogP contribution < -0.4 is 9.47 Å². The van der Waals surface area contributed by atoms with Crippen LogP contribution in [0.4, 0.5) is 0 Å². The largest absolute Gasteiger partial charge is 0.493 e. The zero-order chi connectivity index (χ0) is 22.7. The second kappa shape index (κ2) is 9.09. The molecule has 1 amide bonds. The molecule has 0 saturated carbocycles. The summed E-state index contributed by atoms with van der Waals surface area (Å²) in [4.78, 5) is 21.7. The Kier molecular flexibility index (Phi) is 6.07. The van der Waals surface area contributed by atoms with E-state index in [-0.39, 0.29) is 11.4 Å². The average molecular weight is 431 g/mol. The maximum Gasteiger partial charge on any atom is 0.282 e. The molecule has 1 N–H and O–H groups in total. The summed E-state index contributed by atoms with van der Waals surface area (Å²) < 4.78 is 11.6. The first-order valence-corrected chi connectivity index (χ1v) is 10.4. The first-order chi connectivity index (χ1) is 15.4. The number of nitrogens with zero attached hydrogens (tertiary/aromatic N) is 2. The Hall–Kier alpha value is -3.87. The third-order valence-electron chi connectivity index (χ3n) is 5.02. The highest BCUT2D eigenvalue weighted by Gasteiger charge is 2.34. The van der Waals surface area contributed by atoms with Crippen molar-refractivity contribution in [1.29, 1.82) is 5.41 Å². The normalized spacial score (nSPS) is 16.5. The molecule has 164 valence electrons. The van der Waals surface area contributed by atoms with Crippen LogP contribution >= 0.6 is 0 Å². The van der Waals surface area contributed by atoms with E-state index in [1.54, 1.807) is 19.1 Å². The number of carbonyl (C=O) groups excluding carboxylic acids is 1.